The van der Waals surface area contributed by atoms with Gasteiger partial charge in [0.25, 0.3) is 0 Å². The molecular formula is C29H48N4O3. The Hall–Kier alpha value is -2.28. The molecule has 7 nitrogen and oxygen atoms in total. The predicted molar refractivity (Wildman–Crippen MR) is 147 cm³/mol. The normalized spacial score (nSPS) is 20.8. The fourth-order valence-electron chi connectivity index (χ4n) is 5.94. The number of likely N-dealkylation sites (N-methyl/N-ethyl adjacent to an activating group) is 2. The lowest BCUT2D eigenvalue weighted by atomic mass is 9.81. The fourth-order valence-corrected chi connectivity index (χ4v) is 5.94. The van der Waals surface area contributed by atoms with Crippen LogP contribution in [0.2, 0.25) is 0 Å². The van der Waals surface area contributed by atoms with Crippen LogP contribution in [0, 0.1) is 0 Å². The average Bonchev–Trinajstić information content (AvgIpc) is 3.28. The standard InChI is InChI=1S/C29H48N4O3/c1-6-8-10-12-14-19-30-27(34)33(20-15-13-11-9-7-2)28(35)36-23-16-17-25-24(22-23)29(3)18-21-31(4)26(29)32(25)5/h16-17,22,26H,6-15,18-21H2,1-5H3,(H,30,34)/t26-,29+/m1/s1. The molecule has 2 aliphatic rings. The third kappa shape index (κ3) is 6.53. The van der Waals surface area contributed by atoms with Crippen molar-refractivity contribution in [1.29, 1.82) is 0 Å². The van der Waals surface area contributed by atoms with Crippen molar-refractivity contribution in [3.8, 4) is 5.75 Å². The minimum atomic E-state index is -0.592. The number of benzene rings is 1. The minimum Gasteiger partial charge on any atom is -0.410 e. The number of urea groups is 1. The van der Waals surface area contributed by atoms with E-state index in [0.29, 0.717) is 25.0 Å². The van der Waals surface area contributed by atoms with Gasteiger partial charge in [0.2, 0.25) is 0 Å². The van der Waals surface area contributed by atoms with Gasteiger partial charge in [-0.15, -0.1) is 0 Å². The minimum absolute atomic E-state index is 0.00460. The number of amides is 3. The van der Waals surface area contributed by atoms with E-state index >= 15 is 0 Å². The van der Waals surface area contributed by atoms with Crippen LogP contribution in [-0.2, 0) is 5.41 Å². The molecule has 0 saturated carbocycles. The summed E-state index contributed by atoms with van der Waals surface area (Å²) >= 11 is 0. The highest BCUT2D eigenvalue weighted by molar-refractivity contribution is 5.91. The summed E-state index contributed by atoms with van der Waals surface area (Å²) in [5, 5.41) is 2.94. The number of ether oxygens (including phenoxy) is 1. The molecule has 0 bridgehead atoms. The summed E-state index contributed by atoms with van der Waals surface area (Å²) in [6.07, 6.45) is 11.6. The molecule has 1 aromatic rings. The summed E-state index contributed by atoms with van der Waals surface area (Å²) in [7, 11) is 4.30. The van der Waals surface area contributed by atoms with Crippen LogP contribution >= 0.6 is 0 Å². The van der Waals surface area contributed by atoms with Gasteiger partial charge in [-0.2, -0.15) is 0 Å². The van der Waals surface area contributed by atoms with Gasteiger partial charge in [-0.25, -0.2) is 14.5 Å². The summed E-state index contributed by atoms with van der Waals surface area (Å²) in [5.74, 6) is 0.506. The zero-order valence-electron chi connectivity index (χ0n) is 23.3. The number of rotatable bonds is 13. The molecule has 3 amide bonds. The molecule has 0 aliphatic carbocycles. The van der Waals surface area contributed by atoms with E-state index in [1.54, 1.807) is 0 Å². The third-order valence-corrected chi connectivity index (χ3v) is 8.01. The van der Waals surface area contributed by atoms with Gasteiger partial charge in [-0.05, 0) is 50.1 Å². The number of likely N-dealkylation sites (tertiary alicyclic amines) is 1. The van der Waals surface area contributed by atoms with Crippen LogP contribution in [0.3, 0.4) is 0 Å². The van der Waals surface area contributed by atoms with Crippen molar-refractivity contribution in [3.05, 3.63) is 23.8 Å². The van der Waals surface area contributed by atoms with Crippen molar-refractivity contribution >= 4 is 17.8 Å². The maximum absolute atomic E-state index is 13.2. The highest BCUT2D eigenvalue weighted by Crippen LogP contribution is 2.51. The highest BCUT2D eigenvalue weighted by Gasteiger charge is 2.52. The van der Waals surface area contributed by atoms with Crippen LogP contribution in [0.1, 0.15) is 97.0 Å². The molecule has 202 valence electrons. The number of nitrogens with one attached hydrogen (secondary N) is 1. The van der Waals surface area contributed by atoms with Crippen LogP contribution < -0.4 is 15.0 Å². The molecule has 1 fully saturated rings. The van der Waals surface area contributed by atoms with E-state index in [1.165, 1.54) is 41.8 Å². The Bertz CT molecular complexity index is 876. The van der Waals surface area contributed by atoms with E-state index in [2.05, 4.69) is 50.0 Å². The quantitative estimate of drug-likeness (QED) is 0.313. The number of fused-ring (bicyclic) bond motifs is 3. The fraction of sp³-hybridized carbons (Fsp3) is 0.724. The first kappa shape index (κ1) is 28.3. The molecule has 0 radical (unpaired) electrons. The van der Waals surface area contributed by atoms with E-state index in [1.807, 2.05) is 18.2 Å². The first-order chi connectivity index (χ1) is 17.3. The zero-order chi connectivity index (χ0) is 26.1. The second kappa shape index (κ2) is 13.3. The Morgan fingerprint density at radius 1 is 1.03 bits per heavy atom. The van der Waals surface area contributed by atoms with Crippen LogP contribution in [0.5, 0.6) is 5.75 Å². The van der Waals surface area contributed by atoms with Crippen LogP contribution in [-0.4, -0.2) is 61.8 Å². The van der Waals surface area contributed by atoms with Crippen LogP contribution in [0.15, 0.2) is 18.2 Å². The Morgan fingerprint density at radius 2 is 1.69 bits per heavy atom. The lowest BCUT2D eigenvalue weighted by Gasteiger charge is -2.32. The molecule has 1 N–H and O–H groups in total. The number of unbranched alkanes of at least 4 members (excludes halogenated alkanes) is 8. The Kier molecular flexibility index (Phi) is 10.5. The first-order valence-corrected chi connectivity index (χ1v) is 14.2. The number of nitrogens with zero attached hydrogens (tertiary/aromatic N) is 3. The topological polar surface area (TPSA) is 65.1 Å². The molecule has 2 heterocycles. The molecule has 1 aromatic carbocycles. The van der Waals surface area contributed by atoms with E-state index in [4.69, 9.17) is 4.74 Å². The zero-order valence-corrected chi connectivity index (χ0v) is 23.3. The van der Waals surface area contributed by atoms with Gasteiger partial charge in [-0.3, -0.25) is 4.90 Å². The number of anilines is 1. The Balaban J connectivity index is 1.65. The van der Waals surface area contributed by atoms with Crippen LogP contribution in [0.25, 0.3) is 0 Å². The molecular weight excluding hydrogens is 452 g/mol. The highest BCUT2D eigenvalue weighted by atomic mass is 16.6. The molecule has 1 saturated heterocycles. The van der Waals surface area contributed by atoms with E-state index in [-0.39, 0.29) is 11.4 Å². The molecule has 2 aliphatic heterocycles. The molecule has 0 spiro atoms. The molecule has 0 aromatic heterocycles. The number of hydrogen-bond acceptors (Lipinski definition) is 5. The van der Waals surface area contributed by atoms with Crippen molar-refractivity contribution in [2.45, 2.75) is 103 Å². The lowest BCUT2D eigenvalue weighted by Crippen LogP contribution is -2.46. The second-order valence-electron chi connectivity index (χ2n) is 10.9. The summed E-state index contributed by atoms with van der Waals surface area (Å²) in [6.45, 7) is 8.67. The SMILES string of the molecule is CCCCCCCNC(=O)N(CCCCCCC)C(=O)Oc1ccc2c(c1)[C@]1(C)CCN(C)[C@@H]1N2C. The van der Waals surface area contributed by atoms with Crippen molar-refractivity contribution in [2.24, 2.45) is 0 Å². The van der Waals surface area contributed by atoms with Gasteiger partial charge in [0.15, 0.2) is 0 Å². The summed E-state index contributed by atoms with van der Waals surface area (Å²) < 4.78 is 5.81. The second-order valence-corrected chi connectivity index (χ2v) is 10.9. The van der Waals surface area contributed by atoms with Gasteiger partial charge >= 0.3 is 12.1 Å². The first-order valence-electron chi connectivity index (χ1n) is 14.2. The van der Waals surface area contributed by atoms with Crippen molar-refractivity contribution in [3.63, 3.8) is 0 Å². The number of carbonyl (C=O) groups excluding carboxylic acids is 2. The number of imide groups is 1. The molecule has 0 unspecified atom stereocenters. The molecule has 7 heteroatoms. The maximum Gasteiger partial charge on any atom is 0.423 e. The maximum atomic E-state index is 13.2. The van der Waals surface area contributed by atoms with Gasteiger partial charge < -0.3 is 15.0 Å². The molecule has 36 heavy (non-hydrogen) atoms. The molecule has 3 rings (SSSR count). The Labute approximate surface area is 218 Å². The van der Waals surface area contributed by atoms with E-state index in [9.17, 15) is 9.59 Å². The molecule has 2 atom stereocenters. The van der Waals surface area contributed by atoms with Gasteiger partial charge in [-0.1, -0.05) is 72.1 Å². The monoisotopic (exact) mass is 500 g/mol. The van der Waals surface area contributed by atoms with Gasteiger partial charge in [0.05, 0.1) is 6.17 Å². The number of hydrogen-bond donors (Lipinski definition) is 1. The van der Waals surface area contributed by atoms with Gasteiger partial charge in [0, 0.05) is 37.8 Å². The summed E-state index contributed by atoms with van der Waals surface area (Å²) in [6, 6.07) is 5.55. The van der Waals surface area contributed by atoms with E-state index < -0.39 is 6.09 Å². The van der Waals surface area contributed by atoms with Gasteiger partial charge in [0.1, 0.15) is 5.75 Å². The van der Waals surface area contributed by atoms with Crippen molar-refractivity contribution in [2.75, 3.05) is 38.6 Å². The van der Waals surface area contributed by atoms with Crippen LogP contribution in [0.4, 0.5) is 15.3 Å². The largest absolute Gasteiger partial charge is 0.423 e. The number of carbonyl (C=O) groups is 2. The Morgan fingerprint density at radius 3 is 2.39 bits per heavy atom. The smallest absolute Gasteiger partial charge is 0.410 e. The predicted octanol–water partition coefficient (Wildman–Crippen LogP) is 6.51. The lowest BCUT2D eigenvalue weighted by molar-refractivity contribution is 0.152. The van der Waals surface area contributed by atoms with E-state index in [0.717, 1.165) is 51.5 Å². The average molecular weight is 501 g/mol. The van der Waals surface area contributed by atoms with Crippen molar-refractivity contribution < 1.29 is 14.3 Å². The summed E-state index contributed by atoms with van der Waals surface area (Å²) in [5.41, 5.74) is 2.39. The third-order valence-electron chi connectivity index (χ3n) is 8.01. The summed E-state index contributed by atoms with van der Waals surface area (Å²) in [4.78, 5) is 32.1. The van der Waals surface area contributed by atoms with Crippen molar-refractivity contribution in [1.82, 2.24) is 15.1 Å².